The van der Waals surface area contributed by atoms with E-state index < -0.39 is 21.5 Å². The zero-order valence-electron chi connectivity index (χ0n) is 13.5. The van der Waals surface area contributed by atoms with Crippen molar-refractivity contribution in [3.8, 4) is 11.5 Å². The van der Waals surface area contributed by atoms with E-state index in [1.165, 1.54) is 12.1 Å². The zero-order valence-corrected chi connectivity index (χ0v) is 14.4. The molecule has 0 aliphatic carbocycles. The van der Waals surface area contributed by atoms with Gasteiger partial charge >= 0.3 is 0 Å². The summed E-state index contributed by atoms with van der Waals surface area (Å²) in [5, 5.41) is 22.9. The SMILES string of the molecule is CCC(C)NCc1cc(O)c(O)c(S(=O)(=O)NC(C)CC)c1. The first-order valence-corrected chi connectivity index (χ1v) is 9.00. The Morgan fingerprint density at radius 1 is 1.09 bits per heavy atom. The molecule has 0 fully saturated rings. The van der Waals surface area contributed by atoms with E-state index in [9.17, 15) is 18.6 Å². The summed E-state index contributed by atoms with van der Waals surface area (Å²) in [4.78, 5) is -0.297. The first-order valence-electron chi connectivity index (χ1n) is 7.51. The van der Waals surface area contributed by atoms with E-state index in [0.29, 0.717) is 18.5 Å². The highest BCUT2D eigenvalue weighted by Crippen LogP contribution is 2.33. The highest BCUT2D eigenvalue weighted by atomic mass is 32.2. The Balaban J connectivity index is 3.11. The molecule has 0 saturated carbocycles. The summed E-state index contributed by atoms with van der Waals surface area (Å²) in [6.45, 7) is 8.06. The van der Waals surface area contributed by atoms with Gasteiger partial charge in [0.25, 0.3) is 0 Å². The Labute approximate surface area is 132 Å². The lowest BCUT2D eigenvalue weighted by Gasteiger charge is -2.16. The second kappa shape index (κ2) is 7.80. The van der Waals surface area contributed by atoms with Crippen LogP contribution in [0.3, 0.4) is 0 Å². The van der Waals surface area contributed by atoms with Gasteiger partial charge in [0.15, 0.2) is 11.5 Å². The van der Waals surface area contributed by atoms with Crippen LogP contribution in [0.15, 0.2) is 17.0 Å². The van der Waals surface area contributed by atoms with Crippen LogP contribution < -0.4 is 10.0 Å². The van der Waals surface area contributed by atoms with Gasteiger partial charge in [-0.2, -0.15) is 0 Å². The summed E-state index contributed by atoms with van der Waals surface area (Å²) in [6, 6.07) is 2.77. The third-order valence-electron chi connectivity index (χ3n) is 3.64. The molecule has 7 heteroatoms. The Morgan fingerprint density at radius 2 is 1.68 bits per heavy atom. The van der Waals surface area contributed by atoms with Crippen LogP contribution in [0.4, 0.5) is 0 Å². The number of aromatic hydroxyl groups is 2. The minimum absolute atomic E-state index is 0.256. The van der Waals surface area contributed by atoms with Gasteiger partial charge in [0.1, 0.15) is 4.90 Å². The molecule has 4 N–H and O–H groups in total. The molecule has 1 aromatic carbocycles. The topological polar surface area (TPSA) is 98.7 Å². The number of sulfonamides is 1. The predicted octanol–water partition coefficient (Wildman–Crippen LogP) is 2.06. The standard InChI is InChI=1S/C15H26N2O4S/c1-5-10(3)16-9-12-7-13(18)15(19)14(8-12)22(20,21)17-11(4)6-2/h7-8,10-11,16-19H,5-6,9H2,1-4H3. The maximum absolute atomic E-state index is 12.3. The molecule has 0 aliphatic heterocycles. The van der Waals surface area contributed by atoms with Crippen molar-refractivity contribution < 1.29 is 18.6 Å². The fraction of sp³-hybridized carbons (Fsp3) is 0.600. The van der Waals surface area contributed by atoms with Crippen molar-refractivity contribution in [2.24, 2.45) is 0 Å². The molecule has 2 atom stereocenters. The number of nitrogens with one attached hydrogen (secondary N) is 2. The largest absolute Gasteiger partial charge is 0.504 e. The van der Waals surface area contributed by atoms with Crippen LogP contribution in [0.5, 0.6) is 11.5 Å². The van der Waals surface area contributed by atoms with Crippen molar-refractivity contribution in [2.75, 3.05) is 0 Å². The molecule has 0 saturated heterocycles. The second-order valence-electron chi connectivity index (χ2n) is 5.58. The van der Waals surface area contributed by atoms with Crippen LogP contribution in [0.2, 0.25) is 0 Å². The lowest BCUT2D eigenvalue weighted by Crippen LogP contribution is -2.32. The normalized spacial score (nSPS) is 14.7. The van der Waals surface area contributed by atoms with E-state index in [2.05, 4.69) is 10.0 Å². The van der Waals surface area contributed by atoms with Crippen LogP contribution in [0.1, 0.15) is 46.1 Å². The molecular weight excluding hydrogens is 304 g/mol. The van der Waals surface area contributed by atoms with Crippen LogP contribution in [-0.2, 0) is 16.6 Å². The third-order valence-corrected chi connectivity index (χ3v) is 5.24. The van der Waals surface area contributed by atoms with Crippen molar-refractivity contribution in [2.45, 2.75) is 64.1 Å². The summed E-state index contributed by atoms with van der Waals surface area (Å²) in [7, 11) is -3.88. The Kier molecular flexibility index (Phi) is 6.65. The predicted molar refractivity (Wildman–Crippen MR) is 86.4 cm³/mol. The fourth-order valence-electron chi connectivity index (χ4n) is 1.80. The first-order chi connectivity index (χ1) is 10.2. The first kappa shape index (κ1) is 18.7. The molecule has 0 bridgehead atoms. The van der Waals surface area contributed by atoms with Crippen LogP contribution in [0, 0.1) is 0 Å². The summed E-state index contributed by atoms with van der Waals surface area (Å²) in [5.41, 5.74) is 0.597. The quantitative estimate of drug-likeness (QED) is 0.547. The molecule has 22 heavy (non-hydrogen) atoms. The summed E-state index contributed by atoms with van der Waals surface area (Å²) in [5.74, 6) is -1.06. The molecule has 0 spiro atoms. The van der Waals surface area contributed by atoms with Crippen LogP contribution >= 0.6 is 0 Å². The second-order valence-corrected chi connectivity index (χ2v) is 7.26. The van der Waals surface area contributed by atoms with Crippen LogP contribution in [0.25, 0.3) is 0 Å². The van der Waals surface area contributed by atoms with Gasteiger partial charge in [-0.1, -0.05) is 13.8 Å². The number of rotatable bonds is 8. The molecule has 0 radical (unpaired) electrons. The fourth-order valence-corrected chi connectivity index (χ4v) is 3.29. The lowest BCUT2D eigenvalue weighted by molar-refractivity contribution is 0.391. The summed E-state index contributed by atoms with van der Waals surface area (Å²) >= 11 is 0. The smallest absolute Gasteiger partial charge is 0.244 e. The minimum atomic E-state index is -3.88. The van der Waals surface area contributed by atoms with Gasteiger partial charge in [-0.05, 0) is 44.4 Å². The van der Waals surface area contributed by atoms with E-state index in [1.54, 1.807) is 6.92 Å². The number of phenols is 2. The Bertz CT molecular complexity index is 602. The molecular formula is C15H26N2O4S. The molecule has 1 aromatic rings. The van der Waals surface area contributed by atoms with Crippen molar-refractivity contribution >= 4 is 10.0 Å². The molecule has 1 rings (SSSR count). The monoisotopic (exact) mass is 330 g/mol. The van der Waals surface area contributed by atoms with E-state index in [4.69, 9.17) is 0 Å². The highest BCUT2D eigenvalue weighted by Gasteiger charge is 2.23. The maximum atomic E-state index is 12.3. The molecule has 0 amide bonds. The van der Waals surface area contributed by atoms with E-state index >= 15 is 0 Å². The summed E-state index contributed by atoms with van der Waals surface area (Å²) in [6.07, 6.45) is 1.56. The number of hydrogen-bond acceptors (Lipinski definition) is 5. The van der Waals surface area contributed by atoms with Gasteiger partial charge in [0, 0.05) is 18.6 Å². The van der Waals surface area contributed by atoms with Crippen molar-refractivity contribution in [1.29, 1.82) is 0 Å². The van der Waals surface area contributed by atoms with Crippen molar-refractivity contribution in [3.63, 3.8) is 0 Å². The maximum Gasteiger partial charge on any atom is 0.244 e. The van der Waals surface area contributed by atoms with Crippen molar-refractivity contribution in [1.82, 2.24) is 10.0 Å². The van der Waals surface area contributed by atoms with Gasteiger partial charge in [-0.3, -0.25) is 0 Å². The number of phenolic OH excluding ortho intramolecular Hbond substituents is 2. The van der Waals surface area contributed by atoms with Gasteiger partial charge in [-0.15, -0.1) is 0 Å². The minimum Gasteiger partial charge on any atom is -0.504 e. The zero-order chi connectivity index (χ0) is 16.9. The molecule has 0 aromatic heterocycles. The van der Waals surface area contributed by atoms with E-state index in [-0.39, 0.29) is 17.0 Å². The average Bonchev–Trinajstić information content (AvgIpc) is 2.46. The lowest BCUT2D eigenvalue weighted by atomic mass is 10.2. The molecule has 126 valence electrons. The van der Waals surface area contributed by atoms with Crippen LogP contribution in [-0.4, -0.2) is 30.7 Å². The Hall–Kier alpha value is -1.31. The van der Waals surface area contributed by atoms with Gasteiger partial charge in [0.05, 0.1) is 0 Å². The molecule has 0 heterocycles. The average molecular weight is 330 g/mol. The Morgan fingerprint density at radius 3 is 2.23 bits per heavy atom. The third kappa shape index (κ3) is 4.86. The molecule has 2 unspecified atom stereocenters. The van der Waals surface area contributed by atoms with E-state index in [0.717, 1.165) is 6.42 Å². The van der Waals surface area contributed by atoms with Gasteiger partial charge < -0.3 is 15.5 Å². The molecule has 0 aliphatic rings. The molecule has 6 nitrogen and oxygen atoms in total. The van der Waals surface area contributed by atoms with Crippen molar-refractivity contribution in [3.05, 3.63) is 17.7 Å². The summed E-state index contributed by atoms with van der Waals surface area (Å²) < 4.78 is 27.1. The number of benzene rings is 1. The van der Waals surface area contributed by atoms with Gasteiger partial charge in [-0.25, -0.2) is 13.1 Å². The number of hydrogen-bond donors (Lipinski definition) is 4. The van der Waals surface area contributed by atoms with E-state index in [1.807, 2.05) is 20.8 Å². The van der Waals surface area contributed by atoms with Gasteiger partial charge in [0.2, 0.25) is 10.0 Å². The highest BCUT2D eigenvalue weighted by molar-refractivity contribution is 7.89.